The third-order valence-corrected chi connectivity index (χ3v) is 6.24. The number of fused-ring (bicyclic) bond motifs is 2. The van der Waals surface area contributed by atoms with Crippen LogP contribution in [0.2, 0.25) is 0 Å². The molecule has 0 aromatic carbocycles. The van der Waals surface area contributed by atoms with Crippen molar-refractivity contribution in [2.75, 3.05) is 66.7 Å². The predicted molar refractivity (Wildman–Crippen MR) is 157 cm³/mol. The number of nitrogens with zero attached hydrogens (tertiary/aromatic N) is 5. The van der Waals surface area contributed by atoms with Crippen molar-refractivity contribution in [1.82, 2.24) is 0 Å². The van der Waals surface area contributed by atoms with E-state index in [2.05, 4.69) is 29.8 Å². The van der Waals surface area contributed by atoms with E-state index in [-0.39, 0.29) is 60.8 Å². The smallest absolute Gasteiger partial charge is 0 e. The molecule has 3 rings (SSSR count). The molecule has 2 bridgehead atoms. The summed E-state index contributed by atoms with van der Waals surface area (Å²) in [5.41, 5.74) is 1.14. The molecule has 39 heavy (non-hydrogen) atoms. The van der Waals surface area contributed by atoms with Crippen LogP contribution < -0.4 is 0 Å². The molecule has 0 aromatic rings. The van der Waals surface area contributed by atoms with Gasteiger partial charge < -0.3 is 45.5 Å². The van der Waals surface area contributed by atoms with Crippen molar-refractivity contribution < 1.29 is 47.4 Å². The van der Waals surface area contributed by atoms with Crippen molar-refractivity contribution in [3.8, 4) is 0 Å². The van der Waals surface area contributed by atoms with E-state index in [1.54, 1.807) is 6.08 Å². The predicted octanol–water partition coefficient (Wildman–Crippen LogP) is 5.13. The molecule has 3 heterocycles. The number of ether oxygens (including phenoxy) is 4. The fourth-order valence-corrected chi connectivity index (χ4v) is 4.25. The van der Waals surface area contributed by atoms with Gasteiger partial charge in [-0.05, 0) is 11.6 Å². The molecule has 0 spiro atoms. The average molecular weight is 639 g/mol. The molecular formula is C25H46Cl2MnN5O6-5. The Balaban J connectivity index is -0.00000219. The molecule has 0 aromatic heterocycles. The molecular weight excluding hydrogens is 592 g/mol. The van der Waals surface area contributed by atoms with Crippen LogP contribution in [0.25, 0.3) is 26.6 Å². The molecule has 0 saturated carbocycles. The number of hydrogen-bond acceptors (Lipinski definition) is 6. The molecule has 0 N–H and O–H groups in total. The fourth-order valence-electron chi connectivity index (χ4n) is 4.25. The summed E-state index contributed by atoms with van der Waals surface area (Å²) >= 11 is 0.00694. The summed E-state index contributed by atoms with van der Waals surface area (Å²) in [7, 11) is 12.1. The summed E-state index contributed by atoms with van der Waals surface area (Å²) < 4.78 is 21.5. The Labute approximate surface area is 252 Å². The van der Waals surface area contributed by atoms with Crippen molar-refractivity contribution in [3.05, 3.63) is 49.4 Å². The van der Waals surface area contributed by atoms with Gasteiger partial charge in [0, 0.05) is 12.3 Å². The largest absolute Gasteiger partial charge is 0 e. The SMILES string of the molecule is COC(=O)C1=C(C(=O)OC)C2OC1C=C2COC[C@H]1C[N-][C@H](C)C[N-][C@@H](C)C[N-]CC[N-][C@H](C)C[N-]1.[Cl][Mn][Cl].[HH].[HH].[HH].[HH]. The van der Waals surface area contributed by atoms with E-state index >= 15 is 0 Å². The molecule has 11 nitrogen and oxygen atoms in total. The molecule has 0 radical (unpaired) electrons. The normalized spacial score (nSPS) is 30.4. The molecule has 1 fully saturated rings. The zero-order valence-corrected chi connectivity index (χ0v) is 25.7. The van der Waals surface area contributed by atoms with Crippen LogP contribution in [0.4, 0.5) is 0 Å². The van der Waals surface area contributed by atoms with Gasteiger partial charge >= 0.3 is 45.3 Å². The Bertz CT molecular complexity index is 871. The van der Waals surface area contributed by atoms with Crippen molar-refractivity contribution >= 4 is 32.1 Å². The van der Waals surface area contributed by atoms with E-state index in [1.165, 1.54) is 14.2 Å². The molecule has 6 atom stereocenters. The van der Waals surface area contributed by atoms with Gasteiger partial charge in [-0.25, -0.2) is 9.59 Å². The Morgan fingerprint density at radius 3 is 2.21 bits per heavy atom. The second-order valence-electron chi connectivity index (χ2n) is 9.39. The Morgan fingerprint density at radius 1 is 0.923 bits per heavy atom. The second-order valence-corrected chi connectivity index (χ2v) is 11.3. The van der Waals surface area contributed by atoms with Crippen LogP contribution in [0.1, 0.15) is 26.5 Å². The van der Waals surface area contributed by atoms with Gasteiger partial charge in [-0.1, -0.05) is 20.8 Å². The van der Waals surface area contributed by atoms with Crippen molar-refractivity contribution in [2.45, 2.75) is 57.1 Å². The summed E-state index contributed by atoms with van der Waals surface area (Å²) in [6, 6.07) is 0.232. The molecule has 3 aliphatic rings. The molecule has 233 valence electrons. The monoisotopic (exact) mass is 637 g/mol. The van der Waals surface area contributed by atoms with Crippen LogP contribution in [0, 0.1) is 0 Å². The first-order chi connectivity index (χ1) is 18.7. The van der Waals surface area contributed by atoms with Gasteiger partial charge in [-0.3, -0.25) is 0 Å². The molecule has 14 heteroatoms. The van der Waals surface area contributed by atoms with E-state index in [0.717, 1.165) is 5.57 Å². The van der Waals surface area contributed by atoms with E-state index in [9.17, 15) is 9.59 Å². The number of methoxy groups -OCH3 is 2. The Morgan fingerprint density at radius 2 is 1.51 bits per heavy atom. The van der Waals surface area contributed by atoms with Crippen molar-refractivity contribution in [3.63, 3.8) is 0 Å². The van der Waals surface area contributed by atoms with E-state index in [4.69, 9.17) is 49.8 Å². The first-order valence-corrected chi connectivity index (χ1v) is 16.0. The van der Waals surface area contributed by atoms with Crippen LogP contribution in [0.3, 0.4) is 0 Å². The number of esters is 2. The molecule has 3 aliphatic heterocycles. The second kappa shape index (κ2) is 18.6. The van der Waals surface area contributed by atoms with E-state index in [0.29, 0.717) is 45.9 Å². The Kier molecular flexibility index (Phi) is 16.5. The summed E-state index contributed by atoms with van der Waals surface area (Å²) in [4.78, 5) is 24.5. The van der Waals surface area contributed by atoms with Crippen LogP contribution in [0.15, 0.2) is 22.8 Å². The zero-order valence-electron chi connectivity index (χ0n) is 23.0. The van der Waals surface area contributed by atoms with Gasteiger partial charge in [0.05, 0.1) is 32.0 Å². The Hall–Kier alpha value is -0.761. The minimum absolute atomic E-state index is 0. The number of halogens is 2. The van der Waals surface area contributed by atoms with Gasteiger partial charge in [0.15, 0.2) is 0 Å². The van der Waals surface area contributed by atoms with Gasteiger partial charge in [0.1, 0.15) is 12.2 Å². The minimum atomic E-state index is -0.682. The summed E-state index contributed by atoms with van der Waals surface area (Å²) in [6.45, 7) is 10.7. The number of hydrogen-bond donors (Lipinski definition) is 0. The number of carbonyl (C=O) groups is 2. The maximum Gasteiger partial charge on any atom is 0 e. The van der Waals surface area contributed by atoms with Crippen LogP contribution in [0.5, 0.6) is 0 Å². The standard InChI is InChI=1S/C25H38N5O6.2ClH.Mn.4H2/c1-15-9-26-6-7-27-16(2)11-30-19(12-29-17(3)10-28-15)14-35-13-18-8-20-21(24(31)33-4)22(23(18)36-20)25(32)34-5;;;;;;;/h8,15-17,19-20,23H,6-7,9-14H2,1-5H3;2*1H;;4*1H/q-5;;;+2;;;;/p-2/t15-,16+,17+,19+,20?,23?;;;;;;;/m0......./s1. The third kappa shape index (κ3) is 11.2. The summed E-state index contributed by atoms with van der Waals surface area (Å²) in [6.07, 6.45) is 0.478. The summed E-state index contributed by atoms with van der Waals surface area (Å²) in [5.74, 6) is -1.21. The third-order valence-electron chi connectivity index (χ3n) is 6.24. The van der Waals surface area contributed by atoms with Gasteiger partial charge in [0.25, 0.3) is 0 Å². The maximum atomic E-state index is 12.3. The van der Waals surface area contributed by atoms with Crippen molar-refractivity contribution in [2.24, 2.45) is 0 Å². The van der Waals surface area contributed by atoms with Gasteiger partial charge in [0.2, 0.25) is 0 Å². The van der Waals surface area contributed by atoms with Gasteiger partial charge in [-0.2, -0.15) is 57.4 Å². The molecule has 2 unspecified atom stereocenters. The minimum Gasteiger partial charge on any atom is 0 e. The molecule has 0 aliphatic carbocycles. The van der Waals surface area contributed by atoms with Crippen LogP contribution in [-0.4, -0.2) is 115 Å². The number of carbonyl (C=O) groups excluding carboxylic acids is 2. The summed E-state index contributed by atoms with van der Waals surface area (Å²) in [5, 5.41) is 23.4. The quantitative estimate of drug-likeness (QED) is 0.224. The zero-order chi connectivity index (χ0) is 28.8. The number of rotatable bonds is 6. The molecule has 1 saturated heterocycles. The average Bonchev–Trinajstić information content (AvgIpc) is 3.50. The van der Waals surface area contributed by atoms with Crippen LogP contribution in [-0.2, 0) is 41.7 Å². The van der Waals surface area contributed by atoms with Crippen molar-refractivity contribution in [1.29, 1.82) is 0 Å². The van der Waals surface area contributed by atoms with E-state index < -0.39 is 24.1 Å². The first kappa shape index (κ1) is 34.4. The van der Waals surface area contributed by atoms with Crippen LogP contribution >= 0.6 is 20.2 Å². The fraction of sp³-hybridized carbons (Fsp3) is 0.760. The topological polar surface area (TPSA) is 142 Å². The molecule has 0 amide bonds. The maximum absolute atomic E-state index is 12.3. The van der Waals surface area contributed by atoms with E-state index in [1.807, 2.05) is 6.92 Å². The van der Waals surface area contributed by atoms with Gasteiger partial charge in [-0.15, -0.1) is 6.04 Å². The first-order valence-electron chi connectivity index (χ1n) is 12.8.